The van der Waals surface area contributed by atoms with Crippen LogP contribution in [0.2, 0.25) is 0 Å². The average molecular weight is 1010 g/mol. The molecule has 0 bridgehead atoms. The lowest BCUT2D eigenvalue weighted by Gasteiger charge is -2.18. The van der Waals surface area contributed by atoms with E-state index in [9.17, 15) is 14.4 Å². The molecule has 0 aliphatic rings. The summed E-state index contributed by atoms with van der Waals surface area (Å²) in [6.07, 6.45) is 75.4. The summed E-state index contributed by atoms with van der Waals surface area (Å²) in [4.78, 5) is 38.2. The van der Waals surface area contributed by atoms with Crippen molar-refractivity contribution in [2.45, 2.75) is 341 Å². The number of rotatable bonds is 58. The normalized spacial score (nSPS) is 12.3. The Balaban J connectivity index is 4.29. The van der Waals surface area contributed by atoms with Gasteiger partial charge in [-0.25, -0.2) is 0 Å². The molecule has 6 nitrogen and oxygen atoms in total. The van der Waals surface area contributed by atoms with Crippen LogP contribution in [-0.2, 0) is 28.6 Å². The summed E-state index contributed by atoms with van der Waals surface area (Å²) in [6, 6.07) is 0. The molecule has 1 atom stereocenters. The van der Waals surface area contributed by atoms with Crippen molar-refractivity contribution in [3.8, 4) is 0 Å². The molecule has 420 valence electrons. The third kappa shape index (κ3) is 58.3. The van der Waals surface area contributed by atoms with E-state index in [4.69, 9.17) is 14.2 Å². The standard InChI is InChI=1S/C66H120O6/c1-4-7-10-13-16-19-22-25-27-29-31-32-33-34-36-37-39-41-44-47-50-53-56-59-65(68)71-62-63(61-70-64(67)58-55-52-49-46-43-24-21-18-15-12-9-6-3)72-66(69)60-57-54-51-48-45-42-40-38-35-30-28-26-23-20-17-14-11-8-5-2/h17,20,26,28-29,31,35,38,63H,4-16,18-19,21-25,27,30,32-34,36-37,39-62H2,1-3H3/b20-17-,28-26-,31-29-,38-35-. The highest BCUT2D eigenvalue weighted by Gasteiger charge is 2.19. The molecule has 0 fully saturated rings. The second-order valence-corrected chi connectivity index (χ2v) is 21.3. The predicted molar refractivity (Wildman–Crippen MR) is 312 cm³/mol. The van der Waals surface area contributed by atoms with Gasteiger partial charge in [0.15, 0.2) is 6.10 Å². The molecule has 0 saturated carbocycles. The highest BCUT2D eigenvalue weighted by Crippen LogP contribution is 2.17. The minimum atomic E-state index is -0.778. The van der Waals surface area contributed by atoms with E-state index in [1.807, 2.05) is 0 Å². The van der Waals surface area contributed by atoms with E-state index in [-0.39, 0.29) is 31.1 Å². The van der Waals surface area contributed by atoms with Crippen molar-refractivity contribution in [2.24, 2.45) is 0 Å². The van der Waals surface area contributed by atoms with Gasteiger partial charge < -0.3 is 14.2 Å². The minimum absolute atomic E-state index is 0.0752. The highest BCUT2D eigenvalue weighted by molar-refractivity contribution is 5.71. The first-order valence-electron chi connectivity index (χ1n) is 31.6. The number of hydrogen-bond donors (Lipinski definition) is 0. The van der Waals surface area contributed by atoms with Gasteiger partial charge in [0.05, 0.1) is 0 Å². The Kier molecular flexibility index (Phi) is 58.7. The summed E-state index contributed by atoms with van der Waals surface area (Å²) >= 11 is 0. The van der Waals surface area contributed by atoms with E-state index in [0.717, 1.165) is 77.0 Å². The van der Waals surface area contributed by atoms with Crippen LogP contribution in [0.4, 0.5) is 0 Å². The van der Waals surface area contributed by atoms with Crippen LogP contribution in [0.15, 0.2) is 48.6 Å². The van der Waals surface area contributed by atoms with Crippen molar-refractivity contribution in [3.63, 3.8) is 0 Å². The highest BCUT2D eigenvalue weighted by atomic mass is 16.6. The first kappa shape index (κ1) is 69.4. The summed E-state index contributed by atoms with van der Waals surface area (Å²) in [5.74, 6) is -0.870. The van der Waals surface area contributed by atoms with E-state index in [2.05, 4.69) is 69.4 Å². The molecule has 0 aliphatic heterocycles. The van der Waals surface area contributed by atoms with Crippen molar-refractivity contribution >= 4 is 17.9 Å². The zero-order chi connectivity index (χ0) is 52.2. The van der Waals surface area contributed by atoms with E-state index in [1.165, 1.54) is 218 Å². The summed E-state index contributed by atoms with van der Waals surface area (Å²) < 4.78 is 16.9. The van der Waals surface area contributed by atoms with Crippen molar-refractivity contribution in [1.82, 2.24) is 0 Å². The summed E-state index contributed by atoms with van der Waals surface area (Å²) in [5.41, 5.74) is 0. The van der Waals surface area contributed by atoms with Crippen LogP contribution < -0.4 is 0 Å². The van der Waals surface area contributed by atoms with E-state index in [1.54, 1.807) is 0 Å². The van der Waals surface area contributed by atoms with Crippen LogP contribution in [-0.4, -0.2) is 37.2 Å². The Hall–Kier alpha value is -2.63. The Labute approximate surface area is 448 Å². The van der Waals surface area contributed by atoms with Gasteiger partial charge in [0.2, 0.25) is 0 Å². The smallest absolute Gasteiger partial charge is 0.306 e. The molecule has 0 radical (unpaired) electrons. The van der Waals surface area contributed by atoms with Crippen LogP contribution >= 0.6 is 0 Å². The second kappa shape index (κ2) is 60.9. The third-order valence-corrected chi connectivity index (χ3v) is 14.1. The third-order valence-electron chi connectivity index (χ3n) is 14.1. The number of hydrogen-bond acceptors (Lipinski definition) is 6. The molecule has 0 aromatic rings. The predicted octanol–water partition coefficient (Wildman–Crippen LogP) is 21.4. The van der Waals surface area contributed by atoms with Gasteiger partial charge >= 0.3 is 17.9 Å². The molecule has 0 aromatic carbocycles. The molecule has 0 spiro atoms. The maximum absolute atomic E-state index is 12.9. The van der Waals surface area contributed by atoms with E-state index in [0.29, 0.717) is 19.3 Å². The number of allylic oxidation sites excluding steroid dienone is 8. The number of esters is 3. The fraction of sp³-hybridized carbons (Fsp3) is 0.833. The Bertz CT molecular complexity index is 1250. The first-order chi connectivity index (χ1) is 35.5. The van der Waals surface area contributed by atoms with E-state index >= 15 is 0 Å². The van der Waals surface area contributed by atoms with Gasteiger partial charge in [0.1, 0.15) is 13.2 Å². The number of unbranched alkanes of at least 4 members (excludes halogenated alkanes) is 39. The molecular formula is C66H120O6. The number of carbonyl (C=O) groups is 3. The van der Waals surface area contributed by atoms with Crippen molar-refractivity contribution in [1.29, 1.82) is 0 Å². The van der Waals surface area contributed by atoms with Gasteiger partial charge in [-0.05, 0) is 83.5 Å². The first-order valence-corrected chi connectivity index (χ1v) is 31.6. The number of ether oxygens (including phenoxy) is 3. The molecule has 0 rings (SSSR count). The Morgan fingerprint density at radius 2 is 0.500 bits per heavy atom. The molecule has 6 heteroatoms. The fourth-order valence-corrected chi connectivity index (χ4v) is 9.27. The molecule has 0 N–H and O–H groups in total. The lowest BCUT2D eigenvalue weighted by molar-refractivity contribution is -0.167. The maximum Gasteiger partial charge on any atom is 0.306 e. The minimum Gasteiger partial charge on any atom is -0.462 e. The van der Waals surface area contributed by atoms with Gasteiger partial charge in [-0.15, -0.1) is 0 Å². The van der Waals surface area contributed by atoms with Gasteiger partial charge in [0, 0.05) is 19.3 Å². The molecule has 0 amide bonds. The molecule has 72 heavy (non-hydrogen) atoms. The summed E-state index contributed by atoms with van der Waals surface area (Å²) in [6.45, 7) is 6.64. The zero-order valence-corrected chi connectivity index (χ0v) is 48.2. The molecule has 0 heterocycles. The van der Waals surface area contributed by atoms with Gasteiger partial charge in [-0.1, -0.05) is 281 Å². The van der Waals surface area contributed by atoms with Crippen LogP contribution in [0.1, 0.15) is 335 Å². The lowest BCUT2D eigenvalue weighted by Crippen LogP contribution is -2.30. The summed E-state index contributed by atoms with van der Waals surface area (Å²) in [5, 5.41) is 0. The second-order valence-electron chi connectivity index (χ2n) is 21.3. The number of carbonyl (C=O) groups excluding carboxylic acids is 3. The van der Waals surface area contributed by atoms with Crippen molar-refractivity contribution in [2.75, 3.05) is 13.2 Å². The fourth-order valence-electron chi connectivity index (χ4n) is 9.27. The molecule has 0 aromatic heterocycles. The van der Waals surface area contributed by atoms with Gasteiger partial charge in [-0.3, -0.25) is 14.4 Å². The van der Waals surface area contributed by atoms with Crippen LogP contribution in [0.3, 0.4) is 0 Å². The quantitative estimate of drug-likeness (QED) is 0.0261. The molecular weight excluding hydrogens is 889 g/mol. The van der Waals surface area contributed by atoms with Crippen molar-refractivity contribution < 1.29 is 28.6 Å². The van der Waals surface area contributed by atoms with Crippen LogP contribution in [0, 0.1) is 0 Å². The topological polar surface area (TPSA) is 78.9 Å². The molecule has 0 aliphatic carbocycles. The van der Waals surface area contributed by atoms with E-state index < -0.39 is 6.10 Å². The molecule has 0 saturated heterocycles. The zero-order valence-electron chi connectivity index (χ0n) is 48.2. The maximum atomic E-state index is 12.9. The van der Waals surface area contributed by atoms with Gasteiger partial charge in [0.25, 0.3) is 0 Å². The average Bonchev–Trinajstić information content (AvgIpc) is 3.38. The largest absolute Gasteiger partial charge is 0.462 e. The SMILES string of the molecule is CCCCC/C=C\C/C=C\C/C=C\CCCCCCCCC(=O)OC(COC(=O)CCCCCCCCCCCCCC)COC(=O)CCCCCCCCCCCCC/C=C\CCCCCCCCCC. The van der Waals surface area contributed by atoms with Crippen LogP contribution in [0.25, 0.3) is 0 Å². The molecule has 1 unspecified atom stereocenters. The van der Waals surface area contributed by atoms with Gasteiger partial charge in [-0.2, -0.15) is 0 Å². The van der Waals surface area contributed by atoms with Crippen LogP contribution in [0.5, 0.6) is 0 Å². The monoisotopic (exact) mass is 1010 g/mol. The van der Waals surface area contributed by atoms with Crippen molar-refractivity contribution in [3.05, 3.63) is 48.6 Å². The summed E-state index contributed by atoms with van der Waals surface area (Å²) in [7, 11) is 0. The lowest BCUT2D eigenvalue weighted by atomic mass is 10.0. The Morgan fingerprint density at radius 3 is 0.819 bits per heavy atom. The Morgan fingerprint density at radius 1 is 0.278 bits per heavy atom.